The van der Waals surface area contributed by atoms with Crippen LogP contribution in [0.5, 0.6) is 0 Å². The van der Waals surface area contributed by atoms with Crippen LogP contribution in [0.3, 0.4) is 0 Å². The van der Waals surface area contributed by atoms with Crippen LogP contribution in [-0.2, 0) is 0 Å². The summed E-state index contributed by atoms with van der Waals surface area (Å²) in [4.78, 5) is 25.2. The lowest BCUT2D eigenvalue weighted by atomic mass is 10.1. The molecule has 0 saturated carbocycles. The van der Waals surface area contributed by atoms with E-state index in [1.807, 2.05) is 12.1 Å². The number of hydrogen-bond acceptors (Lipinski definition) is 4. The van der Waals surface area contributed by atoms with Crippen LogP contribution in [0.4, 0.5) is 17.1 Å². The number of anilines is 2. The number of aryl methyl sites for hydroxylation is 1. The molecule has 0 aliphatic carbocycles. The van der Waals surface area contributed by atoms with Crippen molar-refractivity contribution in [3.05, 3.63) is 63.7 Å². The molecule has 2 aromatic carbocycles. The normalized spacial score (nSPS) is 14.2. The van der Waals surface area contributed by atoms with Crippen LogP contribution in [0.2, 0.25) is 0 Å². The molecule has 0 spiro atoms. The molecule has 0 aromatic heterocycles. The van der Waals surface area contributed by atoms with Gasteiger partial charge in [0.05, 0.1) is 10.6 Å². The van der Waals surface area contributed by atoms with E-state index in [-0.39, 0.29) is 11.6 Å². The summed E-state index contributed by atoms with van der Waals surface area (Å²) in [6, 6.07) is 12.0. The Bertz CT molecular complexity index is 781. The van der Waals surface area contributed by atoms with Crippen LogP contribution in [-0.4, -0.2) is 23.9 Å². The number of nitro groups is 1. The van der Waals surface area contributed by atoms with E-state index in [0.29, 0.717) is 11.3 Å². The third-order valence-corrected chi connectivity index (χ3v) is 4.53. The summed E-state index contributed by atoms with van der Waals surface area (Å²) in [5.41, 5.74) is 2.86. The lowest BCUT2D eigenvalue weighted by Crippen LogP contribution is -2.29. The van der Waals surface area contributed by atoms with Crippen LogP contribution >= 0.6 is 0 Å². The zero-order valence-corrected chi connectivity index (χ0v) is 14.2. The van der Waals surface area contributed by atoms with E-state index in [1.165, 1.54) is 31.4 Å². The number of nitrogens with one attached hydrogen (secondary N) is 1. The minimum atomic E-state index is -0.470. The van der Waals surface area contributed by atoms with E-state index >= 15 is 0 Å². The Kier molecular flexibility index (Phi) is 4.97. The first-order valence-corrected chi connectivity index (χ1v) is 8.46. The highest BCUT2D eigenvalue weighted by Crippen LogP contribution is 2.24. The van der Waals surface area contributed by atoms with Gasteiger partial charge in [-0.05, 0) is 56.0 Å². The van der Waals surface area contributed by atoms with E-state index in [2.05, 4.69) is 10.2 Å². The number of rotatable bonds is 4. The van der Waals surface area contributed by atoms with E-state index in [4.69, 9.17) is 0 Å². The topological polar surface area (TPSA) is 75.5 Å². The Morgan fingerprint density at radius 2 is 1.76 bits per heavy atom. The van der Waals surface area contributed by atoms with Crippen molar-refractivity contribution in [2.24, 2.45) is 0 Å². The molecule has 0 radical (unpaired) electrons. The summed E-state index contributed by atoms with van der Waals surface area (Å²) in [5, 5.41) is 13.7. The molecule has 1 amide bonds. The fourth-order valence-corrected chi connectivity index (χ4v) is 3.03. The average Bonchev–Trinajstić information content (AvgIpc) is 2.64. The van der Waals surface area contributed by atoms with Gasteiger partial charge in [-0.25, -0.2) is 0 Å². The zero-order chi connectivity index (χ0) is 17.8. The molecular formula is C19H21N3O3. The summed E-state index contributed by atoms with van der Waals surface area (Å²) in [6.07, 6.45) is 3.68. The molecule has 130 valence electrons. The highest BCUT2D eigenvalue weighted by Gasteiger charge is 2.14. The number of hydrogen-bond donors (Lipinski definition) is 1. The minimum Gasteiger partial charge on any atom is -0.372 e. The maximum absolute atomic E-state index is 12.4. The predicted octanol–water partition coefficient (Wildman–Crippen LogP) is 4.15. The molecule has 1 N–H and O–H groups in total. The Balaban J connectivity index is 1.73. The molecule has 1 saturated heterocycles. The lowest BCUT2D eigenvalue weighted by molar-refractivity contribution is -0.384. The molecule has 1 fully saturated rings. The van der Waals surface area contributed by atoms with Gasteiger partial charge in [0.1, 0.15) is 0 Å². The minimum absolute atomic E-state index is 0.0404. The number of nitrogens with zero attached hydrogens (tertiary/aromatic N) is 2. The fourth-order valence-electron chi connectivity index (χ4n) is 3.03. The highest BCUT2D eigenvalue weighted by molar-refractivity contribution is 6.05. The lowest BCUT2D eigenvalue weighted by Gasteiger charge is -2.28. The van der Waals surface area contributed by atoms with Gasteiger partial charge >= 0.3 is 0 Å². The second-order valence-electron chi connectivity index (χ2n) is 6.31. The predicted molar refractivity (Wildman–Crippen MR) is 98.3 cm³/mol. The van der Waals surface area contributed by atoms with Crippen molar-refractivity contribution in [2.45, 2.75) is 26.2 Å². The highest BCUT2D eigenvalue weighted by atomic mass is 16.6. The molecular weight excluding hydrogens is 318 g/mol. The van der Waals surface area contributed by atoms with Crippen LogP contribution in [0, 0.1) is 17.0 Å². The number of piperidine rings is 1. The first-order valence-electron chi connectivity index (χ1n) is 8.46. The summed E-state index contributed by atoms with van der Waals surface area (Å²) in [5.74, 6) is -0.270. The third-order valence-electron chi connectivity index (χ3n) is 4.53. The molecule has 3 rings (SSSR count). The molecule has 0 atom stereocenters. The van der Waals surface area contributed by atoms with Gasteiger partial charge in [0, 0.05) is 36.5 Å². The van der Waals surface area contributed by atoms with Crippen molar-refractivity contribution in [1.82, 2.24) is 0 Å². The second-order valence-corrected chi connectivity index (χ2v) is 6.31. The molecule has 1 heterocycles. The van der Waals surface area contributed by atoms with Crippen molar-refractivity contribution >= 4 is 23.0 Å². The molecule has 2 aromatic rings. The van der Waals surface area contributed by atoms with Gasteiger partial charge in [-0.15, -0.1) is 0 Å². The van der Waals surface area contributed by atoms with Crippen LogP contribution in [0.15, 0.2) is 42.5 Å². The quantitative estimate of drug-likeness (QED) is 0.671. The molecule has 1 aliphatic heterocycles. The smallest absolute Gasteiger partial charge is 0.271 e. The van der Waals surface area contributed by atoms with Crippen molar-refractivity contribution in [3.63, 3.8) is 0 Å². The van der Waals surface area contributed by atoms with Gasteiger partial charge in [0.25, 0.3) is 11.6 Å². The standard InChI is InChI=1S/C19H21N3O3/c1-14-5-8-17(22(24)25)13-18(14)20-19(23)15-6-9-16(10-7-15)21-11-3-2-4-12-21/h5-10,13H,2-4,11-12H2,1H3,(H,20,23). The van der Waals surface area contributed by atoms with Crippen molar-refractivity contribution in [1.29, 1.82) is 0 Å². The Morgan fingerprint density at radius 3 is 2.40 bits per heavy atom. The van der Waals surface area contributed by atoms with Gasteiger partial charge < -0.3 is 10.2 Å². The van der Waals surface area contributed by atoms with E-state index in [9.17, 15) is 14.9 Å². The first-order chi connectivity index (χ1) is 12.0. The maximum Gasteiger partial charge on any atom is 0.271 e. The first kappa shape index (κ1) is 17.0. The summed E-state index contributed by atoms with van der Waals surface area (Å²) in [7, 11) is 0. The molecule has 1 aliphatic rings. The van der Waals surface area contributed by atoms with E-state index < -0.39 is 4.92 Å². The summed E-state index contributed by atoms with van der Waals surface area (Å²) < 4.78 is 0. The van der Waals surface area contributed by atoms with Crippen molar-refractivity contribution < 1.29 is 9.72 Å². The Morgan fingerprint density at radius 1 is 1.08 bits per heavy atom. The number of non-ortho nitro benzene ring substituents is 1. The SMILES string of the molecule is Cc1ccc([N+](=O)[O-])cc1NC(=O)c1ccc(N2CCCCC2)cc1. The third kappa shape index (κ3) is 3.96. The number of amides is 1. The largest absolute Gasteiger partial charge is 0.372 e. The summed E-state index contributed by atoms with van der Waals surface area (Å²) in [6.45, 7) is 3.91. The number of carbonyl (C=O) groups is 1. The number of benzene rings is 2. The molecule has 0 unspecified atom stereocenters. The van der Waals surface area contributed by atoms with Gasteiger partial charge in [-0.1, -0.05) is 6.07 Å². The molecule has 0 bridgehead atoms. The Labute approximate surface area is 146 Å². The van der Waals surface area contributed by atoms with Crippen LogP contribution < -0.4 is 10.2 Å². The number of nitro benzene ring substituents is 1. The van der Waals surface area contributed by atoms with Crippen LogP contribution in [0.25, 0.3) is 0 Å². The molecule has 6 nitrogen and oxygen atoms in total. The van der Waals surface area contributed by atoms with Crippen molar-refractivity contribution in [2.75, 3.05) is 23.3 Å². The number of carbonyl (C=O) groups excluding carboxylic acids is 1. The monoisotopic (exact) mass is 339 g/mol. The van der Waals surface area contributed by atoms with E-state index in [0.717, 1.165) is 24.3 Å². The van der Waals surface area contributed by atoms with Gasteiger partial charge in [-0.2, -0.15) is 0 Å². The average molecular weight is 339 g/mol. The van der Waals surface area contributed by atoms with Gasteiger partial charge in [0.15, 0.2) is 0 Å². The van der Waals surface area contributed by atoms with Crippen LogP contribution in [0.1, 0.15) is 35.2 Å². The van der Waals surface area contributed by atoms with Crippen molar-refractivity contribution in [3.8, 4) is 0 Å². The summed E-state index contributed by atoms with van der Waals surface area (Å²) >= 11 is 0. The zero-order valence-electron chi connectivity index (χ0n) is 14.2. The van der Waals surface area contributed by atoms with E-state index in [1.54, 1.807) is 25.1 Å². The second kappa shape index (κ2) is 7.34. The maximum atomic E-state index is 12.4. The Hall–Kier alpha value is -2.89. The van der Waals surface area contributed by atoms with Gasteiger partial charge in [0.2, 0.25) is 0 Å². The molecule has 25 heavy (non-hydrogen) atoms. The fraction of sp³-hybridized carbons (Fsp3) is 0.316. The molecule has 6 heteroatoms. The van der Waals surface area contributed by atoms with Gasteiger partial charge in [-0.3, -0.25) is 14.9 Å².